The van der Waals surface area contributed by atoms with E-state index in [2.05, 4.69) is 90.1 Å². The lowest BCUT2D eigenvalue weighted by Gasteiger charge is -2.46. The van der Waals surface area contributed by atoms with E-state index in [0.717, 1.165) is 76.1 Å². The highest BCUT2D eigenvalue weighted by Crippen LogP contribution is 2.53. The predicted molar refractivity (Wildman–Crippen MR) is 436 cm³/mol. The molecule has 2 aromatic rings. The van der Waals surface area contributed by atoms with Crippen molar-refractivity contribution >= 4 is 17.2 Å². The summed E-state index contributed by atoms with van der Waals surface area (Å²) in [6.07, 6.45) is 88.9. The third-order valence-electron chi connectivity index (χ3n) is 23.1. The van der Waals surface area contributed by atoms with Crippen LogP contribution in [-0.2, 0) is 30.9 Å². The van der Waals surface area contributed by atoms with Crippen molar-refractivity contribution in [3.8, 4) is 11.5 Å². The number of unbranched alkanes of at least 4 members (excludes halogenated alkanes) is 52. The van der Waals surface area contributed by atoms with Crippen LogP contribution in [-0.4, -0.2) is 25.4 Å². The molecular formula is C91H166O6P2. The first-order chi connectivity index (χ1) is 48.8. The van der Waals surface area contributed by atoms with E-state index < -0.39 is 17.2 Å². The van der Waals surface area contributed by atoms with Gasteiger partial charge in [-0.1, -0.05) is 400 Å². The Morgan fingerprint density at radius 1 is 0.283 bits per heavy atom. The van der Waals surface area contributed by atoms with Crippen LogP contribution in [0.3, 0.4) is 0 Å². The van der Waals surface area contributed by atoms with Crippen molar-refractivity contribution in [3.63, 3.8) is 0 Å². The number of benzene rings is 2. The molecule has 2 aliphatic rings. The highest BCUT2D eigenvalue weighted by molar-refractivity contribution is 7.42. The van der Waals surface area contributed by atoms with Crippen LogP contribution in [0.2, 0.25) is 0 Å². The summed E-state index contributed by atoms with van der Waals surface area (Å²) in [4.78, 5) is 0. The Bertz CT molecular complexity index is 1900. The van der Waals surface area contributed by atoms with E-state index in [1.54, 1.807) is 0 Å². The van der Waals surface area contributed by atoms with Crippen LogP contribution in [0.5, 0.6) is 11.5 Å². The van der Waals surface area contributed by atoms with Crippen LogP contribution in [0.4, 0.5) is 0 Å². The van der Waals surface area contributed by atoms with Gasteiger partial charge in [0.2, 0.25) is 0 Å². The van der Waals surface area contributed by atoms with Crippen molar-refractivity contribution in [1.29, 1.82) is 0 Å². The van der Waals surface area contributed by atoms with Gasteiger partial charge in [0.15, 0.2) is 0 Å². The van der Waals surface area contributed by atoms with E-state index in [0.29, 0.717) is 11.8 Å². The Morgan fingerprint density at radius 3 is 0.778 bits per heavy atom. The fourth-order valence-corrected chi connectivity index (χ4v) is 18.5. The summed E-state index contributed by atoms with van der Waals surface area (Å²) in [5.41, 5.74) is 2.97. The van der Waals surface area contributed by atoms with Gasteiger partial charge in [0, 0.05) is 0 Å². The monoisotopic (exact) mass is 1420 g/mol. The predicted octanol–water partition coefficient (Wildman–Crippen LogP) is 32.8. The molecule has 2 aliphatic carbocycles. The summed E-state index contributed by atoms with van der Waals surface area (Å²) in [5.74, 6) is 3.11. The van der Waals surface area contributed by atoms with Gasteiger partial charge in [-0.05, 0) is 143 Å². The summed E-state index contributed by atoms with van der Waals surface area (Å²) in [6.45, 7) is 15.9. The van der Waals surface area contributed by atoms with E-state index in [9.17, 15) is 0 Å². The maximum atomic E-state index is 7.06. The second-order valence-corrected chi connectivity index (χ2v) is 34.7. The van der Waals surface area contributed by atoms with Gasteiger partial charge in [-0.15, -0.1) is 0 Å². The Labute approximate surface area is 620 Å². The van der Waals surface area contributed by atoms with Crippen molar-refractivity contribution in [3.05, 3.63) is 59.7 Å². The zero-order chi connectivity index (χ0) is 70.3. The fraction of sp³-hybridized carbons (Fsp3) is 0.868. The molecule has 0 unspecified atom stereocenters. The lowest BCUT2D eigenvalue weighted by Crippen LogP contribution is -2.38. The number of hydrogen-bond acceptors (Lipinski definition) is 6. The van der Waals surface area contributed by atoms with Gasteiger partial charge in [-0.3, -0.25) is 4.52 Å². The lowest BCUT2D eigenvalue weighted by molar-refractivity contribution is 0.00530. The summed E-state index contributed by atoms with van der Waals surface area (Å²) in [7, 11) is -2.97. The third kappa shape index (κ3) is 49.3. The first-order valence-corrected chi connectivity index (χ1v) is 46.8. The molecule has 0 N–H and O–H groups in total. The second kappa shape index (κ2) is 65.1. The molecule has 0 amide bonds. The number of rotatable bonds is 72. The van der Waals surface area contributed by atoms with Gasteiger partial charge >= 0.3 is 17.2 Å². The molecule has 2 aromatic carbocycles. The maximum absolute atomic E-state index is 7.06. The summed E-state index contributed by atoms with van der Waals surface area (Å²) in [5, 5.41) is 0. The van der Waals surface area contributed by atoms with Crippen molar-refractivity contribution < 1.29 is 27.1 Å². The molecule has 0 radical (unpaired) electrons. The molecule has 0 aliphatic heterocycles. The van der Waals surface area contributed by atoms with Gasteiger partial charge in [0.1, 0.15) is 11.5 Å². The van der Waals surface area contributed by atoms with E-state index in [4.69, 9.17) is 27.1 Å². The second-order valence-electron chi connectivity index (χ2n) is 32.5. The van der Waals surface area contributed by atoms with Crippen molar-refractivity contribution in [2.24, 2.45) is 17.3 Å². The van der Waals surface area contributed by atoms with Gasteiger partial charge in [0.05, 0.1) is 25.4 Å². The molecule has 0 heterocycles. The number of aryl methyl sites for hydroxylation is 2. The third-order valence-corrected chi connectivity index (χ3v) is 25.6. The van der Waals surface area contributed by atoms with Crippen LogP contribution in [0.1, 0.15) is 464 Å². The Morgan fingerprint density at radius 2 is 0.515 bits per heavy atom. The molecule has 0 atom stereocenters. The average molecular weight is 1420 g/mol. The molecule has 0 spiro atoms. The standard InChI is InChI=1S/C91H166O6P2/c1-7-11-15-19-23-27-31-35-39-43-47-51-55-59-65-83-67-63-69-89(81-83)96-99(97-90-70-64-68-84(82-90)66-60-56-52-48-44-40-36-32-28-24-20-16-12-8-2)95-88-77-73-86(74-78-88)91(5,6)85-71-75-87(76-72-85)94-98(92-79-61-57-53-49-45-41-37-33-29-25-21-17-13-9-3)93-80-62-58-54-50-46-42-38-34-30-26-22-18-14-10-4/h63-64,67-70,81-82,85-88H,7-62,65-66,71-80H2,1-6H3. The normalized spacial score (nSPS) is 16.8. The SMILES string of the molecule is CCCCCCCCCCCCCCCCOP(OCCCCCCCCCCCCCCCC)OC1CCC(C(C)(C)C2CCC(OP(Oc3cccc(CCCCCCCCCCCCCCCC)c3)Oc3cccc(CCCCCCCCCCCCCCCC)c3)CC2)CC1. The highest BCUT2D eigenvalue weighted by Gasteiger charge is 2.42. The van der Waals surface area contributed by atoms with Gasteiger partial charge in [-0.2, -0.15) is 0 Å². The van der Waals surface area contributed by atoms with Crippen LogP contribution in [0, 0.1) is 17.3 Å². The smallest absolute Gasteiger partial charge is 0.418 e. The topological polar surface area (TPSA) is 55.4 Å². The molecule has 6 nitrogen and oxygen atoms in total. The molecule has 0 bridgehead atoms. The van der Waals surface area contributed by atoms with E-state index in [-0.39, 0.29) is 17.6 Å². The zero-order valence-corrected chi connectivity index (χ0v) is 68.6. The molecule has 4 rings (SSSR count). The van der Waals surface area contributed by atoms with Gasteiger partial charge in [-0.25, -0.2) is 0 Å². The van der Waals surface area contributed by atoms with Crippen molar-refractivity contribution in [1.82, 2.24) is 0 Å². The average Bonchev–Trinajstić information content (AvgIpc) is 0.810. The van der Waals surface area contributed by atoms with Crippen LogP contribution >= 0.6 is 17.2 Å². The first-order valence-electron chi connectivity index (χ1n) is 44.6. The maximum Gasteiger partial charge on any atom is 0.463 e. The van der Waals surface area contributed by atoms with Gasteiger partial charge < -0.3 is 22.6 Å². The van der Waals surface area contributed by atoms with Gasteiger partial charge in [0.25, 0.3) is 0 Å². The zero-order valence-electron chi connectivity index (χ0n) is 66.9. The van der Waals surface area contributed by atoms with E-state index >= 15 is 0 Å². The Balaban J connectivity index is 1.24. The minimum atomic E-state index is -1.65. The largest absolute Gasteiger partial charge is 0.463 e. The van der Waals surface area contributed by atoms with Crippen molar-refractivity contribution in [2.45, 2.75) is 478 Å². The number of hydrogen-bond donors (Lipinski definition) is 0. The molecule has 99 heavy (non-hydrogen) atoms. The summed E-state index contributed by atoms with van der Waals surface area (Å²) >= 11 is 0. The molecule has 0 saturated heterocycles. The molecule has 0 aromatic heterocycles. The molecular weight excluding hydrogens is 1250 g/mol. The molecule has 576 valence electrons. The van der Waals surface area contributed by atoms with E-state index in [1.165, 1.54) is 384 Å². The van der Waals surface area contributed by atoms with Crippen LogP contribution in [0.25, 0.3) is 0 Å². The minimum absolute atomic E-state index is 0.123. The lowest BCUT2D eigenvalue weighted by atomic mass is 9.60. The Hall–Kier alpha value is -1.26. The highest BCUT2D eigenvalue weighted by atomic mass is 31.2. The van der Waals surface area contributed by atoms with Crippen molar-refractivity contribution in [2.75, 3.05) is 13.2 Å². The quantitative estimate of drug-likeness (QED) is 0.0486. The fourth-order valence-electron chi connectivity index (χ4n) is 16.2. The Kier molecular flexibility index (Phi) is 59.2. The van der Waals surface area contributed by atoms with Crippen LogP contribution < -0.4 is 9.05 Å². The molecule has 8 heteroatoms. The summed E-state index contributed by atoms with van der Waals surface area (Å²) in [6, 6.07) is 17.7. The van der Waals surface area contributed by atoms with E-state index in [1.807, 2.05) is 0 Å². The molecule has 2 fully saturated rings. The minimum Gasteiger partial charge on any atom is -0.418 e. The first kappa shape index (κ1) is 90.1. The molecule has 2 saturated carbocycles. The summed E-state index contributed by atoms with van der Waals surface area (Å²) < 4.78 is 40.8. The van der Waals surface area contributed by atoms with Crippen LogP contribution in [0.15, 0.2) is 48.5 Å².